The highest BCUT2D eigenvalue weighted by Gasteiger charge is 2.23. The van der Waals surface area contributed by atoms with Crippen molar-refractivity contribution in [1.82, 2.24) is 10.2 Å². The molecule has 0 bridgehead atoms. The van der Waals surface area contributed by atoms with Gasteiger partial charge in [-0.25, -0.2) is 0 Å². The third kappa shape index (κ3) is 5.44. The first-order valence-corrected chi connectivity index (χ1v) is 10.2. The van der Waals surface area contributed by atoms with Gasteiger partial charge in [-0.1, -0.05) is 36.4 Å². The summed E-state index contributed by atoms with van der Waals surface area (Å²) in [5.74, 6) is 0.502. The van der Waals surface area contributed by atoms with E-state index in [9.17, 15) is 9.59 Å². The summed E-state index contributed by atoms with van der Waals surface area (Å²) in [6, 6.07) is 16.2. The Hall–Kier alpha value is -2.62. The summed E-state index contributed by atoms with van der Waals surface area (Å²) in [7, 11) is 0. The molecule has 0 radical (unpaired) electrons. The molecule has 28 heavy (non-hydrogen) atoms. The maximum Gasteiger partial charge on any atom is 0.251 e. The molecule has 0 spiro atoms. The second-order valence-electron chi connectivity index (χ2n) is 7.83. The Morgan fingerprint density at radius 3 is 2.39 bits per heavy atom. The van der Waals surface area contributed by atoms with E-state index in [-0.39, 0.29) is 18.4 Å². The van der Waals surface area contributed by atoms with E-state index in [1.54, 1.807) is 6.07 Å². The first-order valence-electron chi connectivity index (χ1n) is 10.2. The Bertz CT molecular complexity index is 809. The number of hydrogen-bond acceptors (Lipinski definition) is 2. The zero-order chi connectivity index (χ0) is 19.9. The fourth-order valence-corrected chi connectivity index (χ4v) is 3.74. The van der Waals surface area contributed by atoms with Gasteiger partial charge in [0.2, 0.25) is 5.91 Å². The number of nitrogens with one attached hydrogen (secondary N) is 1. The van der Waals surface area contributed by atoms with Crippen molar-refractivity contribution in [3.05, 3.63) is 70.8 Å². The fraction of sp³-hybridized carbons (Fsp3) is 0.417. The van der Waals surface area contributed by atoms with Crippen LogP contribution in [-0.4, -0.2) is 36.3 Å². The Labute approximate surface area is 167 Å². The third-order valence-electron chi connectivity index (χ3n) is 5.82. The molecule has 1 heterocycles. The summed E-state index contributed by atoms with van der Waals surface area (Å²) in [5.41, 5.74) is 4.23. The van der Waals surface area contributed by atoms with Gasteiger partial charge in [0, 0.05) is 18.7 Å². The highest BCUT2D eigenvalue weighted by molar-refractivity contribution is 5.96. The lowest BCUT2D eigenvalue weighted by Gasteiger charge is -2.32. The van der Waals surface area contributed by atoms with Gasteiger partial charge in [-0.2, -0.15) is 0 Å². The quantitative estimate of drug-likeness (QED) is 0.829. The largest absolute Gasteiger partial charge is 0.343 e. The van der Waals surface area contributed by atoms with E-state index in [0.29, 0.717) is 11.5 Å². The zero-order valence-corrected chi connectivity index (χ0v) is 16.9. The van der Waals surface area contributed by atoms with Crippen molar-refractivity contribution >= 4 is 11.8 Å². The van der Waals surface area contributed by atoms with Crippen LogP contribution >= 0.6 is 0 Å². The summed E-state index contributed by atoms with van der Waals surface area (Å²) >= 11 is 0. The van der Waals surface area contributed by atoms with E-state index < -0.39 is 0 Å². The number of amides is 2. The second kappa shape index (κ2) is 9.54. The summed E-state index contributed by atoms with van der Waals surface area (Å²) < 4.78 is 0. The molecular weight excluding hydrogens is 348 g/mol. The maximum atomic E-state index is 12.5. The van der Waals surface area contributed by atoms with Gasteiger partial charge in [0.1, 0.15) is 0 Å². The van der Waals surface area contributed by atoms with Crippen LogP contribution in [0, 0.1) is 19.8 Å². The lowest BCUT2D eigenvalue weighted by atomic mass is 9.90. The Kier molecular flexibility index (Phi) is 6.85. The number of carbonyl (C=O) groups is 2. The minimum Gasteiger partial charge on any atom is -0.343 e. The van der Waals surface area contributed by atoms with Crippen LogP contribution in [0.3, 0.4) is 0 Å². The van der Waals surface area contributed by atoms with E-state index in [0.717, 1.165) is 43.5 Å². The molecule has 2 aromatic carbocycles. The lowest BCUT2D eigenvalue weighted by molar-refractivity contribution is -0.131. The number of carbonyl (C=O) groups excluding carboxylic acids is 2. The van der Waals surface area contributed by atoms with Crippen LogP contribution in [0.15, 0.2) is 48.5 Å². The van der Waals surface area contributed by atoms with Crippen molar-refractivity contribution in [2.45, 2.75) is 39.5 Å². The molecule has 4 nitrogen and oxygen atoms in total. The van der Waals surface area contributed by atoms with Crippen molar-refractivity contribution in [3.63, 3.8) is 0 Å². The van der Waals surface area contributed by atoms with Gasteiger partial charge in [0.15, 0.2) is 0 Å². The second-order valence-corrected chi connectivity index (χ2v) is 7.83. The van der Waals surface area contributed by atoms with Crippen LogP contribution in [0.2, 0.25) is 0 Å². The number of rotatable bonds is 6. The van der Waals surface area contributed by atoms with E-state index in [1.807, 2.05) is 36.9 Å². The molecule has 2 amide bonds. The van der Waals surface area contributed by atoms with Crippen molar-refractivity contribution < 1.29 is 9.59 Å². The van der Waals surface area contributed by atoms with Crippen molar-refractivity contribution in [3.8, 4) is 0 Å². The number of likely N-dealkylation sites (tertiary alicyclic amines) is 1. The van der Waals surface area contributed by atoms with Crippen LogP contribution < -0.4 is 5.32 Å². The van der Waals surface area contributed by atoms with Gasteiger partial charge in [0.25, 0.3) is 5.91 Å². The summed E-state index contributed by atoms with van der Waals surface area (Å²) in [4.78, 5) is 26.6. The summed E-state index contributed by atoms with van der Waals surface area (Å²) in [6.45, 7) is 5.65. The number of hydrogen-bond donors (Lipinski definition) is 1. The predicted octanol–water partition coefficient (Wildman–Crippen LogP) is 3.90. The smallest absolute Gasteiger partial charge is 0.251 e. The number of nitrogens with zero attached hydrogens (tertiary/aromatic N) is 1. The highest BCUT2D eigenvalue weighted by atomic mass is 16.2. The Morgan fingerprint density at radius 2 is 1.71 bits per heavy atom. The average Bonchev–Trinajstić information content (AvgIpc) is 2.73. The fourth-order valence-electron chi connectivity index (χ4n) is 3.74. The van der Waals surface area contributed by atoms with Gasteiger partial charge in [-0.05, 0) is 74.3 Å². The van der Waals surface area contributed by atoms with Crippen LogP contribution in [0.1, 0.15) is 46.3 Å². The first-order chi connectivity index (χ1) is 13.5. The Morgan fingerprint density at radius 1 is 1.00 bits per heavy atom. The average molecular weight is 379 g/mol. The maximum absolute atomic E-state index is 12.5. The standard InChI is InChI=1S/C24H30N2O2/c1-18-8-11-22(16-19(18)2)24(28)25-17-23(27)26-14-12-21(13-15-26)10-9-20-6-4-3-5-7-20/h3-8,11,16,21H,9-10,12-15,17H2,1-2H3,(H,25,28). The lowest BCUT2D eigenvalue weighted by Crippen LogP contribution is -2.44. The predicted molar refractivity (Wildman–Crippen MR) is 112 cm³/mol. The van der Waals surface area contributed by atoms with Gasteiger partial charge < -0.3 is 10.2 Å². The molecule has 0 unspecified atom stereocenters. The van der Waals surface area contributed by atoms with Crippen molar-refractivity contribution in [2.24, 2.45) is 5.92 Å². The first kappa shape index (κ1) is 20.1. The Balaban J connectivity index is 1.40. The molecular formula is C24H30N2O2. The summed E-state index contributed by atoms with van der Waals surface area (Å²) in [6.07, 6.45) is 4.37. The monoisotopic (exact) mass is 378 g/mol. The summed E-state index contributed by atoms with van der Waals surface area (Å²) in [5, 5.41) is 2.77. The normalized spacial score (nSPS) is 14.7. The highest BCUT2D eigenvalue weighted by Crippen LogP contribution is 2.22. The molecule has 1 saturated heterocycles. The molecule has 1 N–H and O–H groups in total. The van der Waals surface area contributed by atoms with Crippen molar-refractivity contribution in [1.29, 1.82) is 0 Å². The molecule has 1 fully saturated rings. The third-order valence-corrected chi connectivity index (χ3v) is 5.82. The topological polar surface area (TPSA) is 49.4 Å². The van der Waals surface area contributed by atoms with Crippen LogP contribution in [0.5, 0.6) is 0 Å². The molecule has 4 heteroatoms. The molecule has 3 rings (SSSR count). The number of piperidine rings is 1. The minimum absolute atomic E-state index is 0.0127. The van der Waals surface area contributed by atoms with Crippen LogP contribution in [0.4, 0.5) is 0 Å². The molecule has 148 valence electrons. The van der Waals surface area contributed by atoms with Crippen LogP contribution in [-0.2, 0) is 11.2 Å². The van der Waals surface area contributed by atoms with Crippen LogP contribution in [0.25, 0.3) is 0 Å². The van der Waals surface area contributed by atoms with Gasteiger partial charge in [-0.3, -0.25) is 9.59 Å². The molecule has 0 saturated carbocycles. The molecule has 2 aromatic rings. The van der Waals surface area contributed by atoms with E-state index in [2.05, 4.69) is 29.6 Å². The minimum atomic E-state index is -0.186. The SMILES string of the molecule is Cc1ccc(C(=O)NCC(=O)N2CCC(CCc3ccccc3)CC2)cc1C. The molecule has 0 aliphatic carbocycles. The number of benzene rings is 2. The van der Waals surface area contributed by atoms with Crippen molar-refractivity contribution in [2.75, 3.05) is 19.6 Å². The number of aryl methyl sites for hydroxylation is 3. The molecule has 0 aromatic heterocycles. The van der Waals surface area contributed by atoms with Gasteiger partial charge in [0.05, 0.1) is 6.54 Å². The van der Waals surface area contributed by atoms with Gasteiger partial charge in [-0.15, -0.1) is 0 Å². The zero-order valence-electron chi connectivity index (χ0n) is 16.9. The van der Waals surface area contributed by atoms with E-state index in [1.165, 1.54) is 12.0 Å². The van der Waals surface area contributed by atoms with E-state index in [4.69, 9.17) is 0 Å². The van der Waals surface area contributed by atoms with E-state index >= 15 is 0 Å². The molecule has 1 aliphatic heterocycles. The molecule has 1 aliphatic rings. The van der Waals surface area contributed by atoms with Gasteiger partial charge >= 0.3 is 0 Å². The molecule has 0 atom stereocenters.